The summed E-state index contributed by atoms with van der Waals surface area (Å²) in [4.78, 5) is 49.3. The molecule has 13 N–H and O–H groups in total. The number of carbonyl (C=O) groups excluding carboxylic acids is 2. The van der Waals surface area contributed by atoms with Crippen LogP contribution in [-0.4, -0.2) is 199 Å². The fraction of sp³-hybridized carbons (Fsp3) is 0.579. The number of benzene rings is 2. The summed E-state index contributed by atoms with van der Waals surface area (Å²) in [6.45, 7) is -1.34. The van der Waals surface area contributed by atoms with Crippen molar-refractivity contribution < 1.29 is 98.7 Å². The summed E-state index contributed by atoms with van der Waals surface area (Å²) in [6, 6.07) is 12.7. The van der Waals surface area contributed by atoms with Gasteiger partial charge in [0.15, 0.2) is 12.6 Å². The van der Waals surface area contributed by atoms with Crippen LogP contribution in [0.5, 0.6) is 0 Å². The molecule has 3 aliphatic heterocycles. The quantitative estimate of drug-likeness (QED) is 0.0761. The third-order valence-electron chi connectivity index (χ3n) is 10.5. The zero-order valence-electron chi connectivity index (χ0n) is 32.7. The highest BCUT2D eigenvalue weighted by Crippen LogP contribution is 2.36. The Labute approximate surface area is 347 Å². The number of ether oxygens (including phenoxy) is 6. The highest BCUT2D eigenvalue weighted by atomic mass is 16.8. The van der Waals surface area contributed by atoms with Crippen molar-refractivity contribution in [3.63, 3.8) is 0 Å². The molecule has 338 valence electrons. The third kappa shape index (κ3) is 11.0. The zero-order chi connectivity index (χ0) is 44.8. The van der Waals surface area contributed by atoms with Gasteiger partial charge in [-0.1, -0.05) is 42.5 Å². The van der Waals surface area contributed by atoms with E-state index >= 15 is 0 Å². The first-order chi connectivity index (χ1) is 28.9. The molecule has 2 aromatic carbocycles. The summed E-state index contributed by atoms with van der Waals surface area (Å²) in [5.41, 5.74) is 1.89. The standard InChI is InChI=1S/C38H51N3O20/c1-16(43)40-25-28(48)31(22(14-42)58-34(25)56-2)60-35-30(50)29(49)27(47)23(59-35)15-57-38(36(52)53)12-20(44)24(41-37(54)55)32(61-38)26(46)21(45)13-39-33(51)19-10-8-18(9-11-19)17-6-4-3-5-7-17/h3-11,20-32,34-35,41-42,44-50H,12-15H2,1-2H3,(H,39,51)(H,40,43)(H,52,53)(H,54,55)/t20?,21-,22?,23?,24-,25?,26-,27+,28?,29?,30?,31-,32?,34-,35+,38-/m1/s1. The van der Waals surface area contributed by atoms with Gasteiger partial charge in [0.1, 0.15) is 61.0 Å². The molecule has 23 nitrogen and oxygen atoms in total. The number of rotatable bonds is 16. The molecule has 3 aliphatic rings. The largest absolute Gasteiger partial charge is 0.477 e. The van der Waals surface area contributed by atoms with Crippen LogP contribution in [0.3, 0.4) is 0 Å². The SMILES string of the molecule is CO[C@@H]1OC(CO)[C@@H](O[C@@H]2OC(CO[C@]3(C(=O)O)CC(O)[C@@H](NC(=O)O)C([C@H](O)[C@H](O)CNC(=O)c4ccc(-c5ccccc5)cc4)O3)[C@H](O)C(O)C2O)C(O)C1NC(C)=O. The van der Waals surface area contributed by atoms with E-state index in [0.717, 1.165) is 18.1 Å². The topological polar surface area (TPSA) is 362 Å². The first kappa shape index (κ1) is 47.6. The summed E-state index contributed by atoms with van der Waals surface area (Å²) in [5, 5.41) is 113. The van der Waals surface area contributed by atoms with Crippen LogP contribution in [0.4, 0.5) is 4.79 Å². The molecule has 5 rings (SSSR count). The van der Waals surface area contributed by atoms with E-state index in [-0.39, 0.29) is 5.56 Å². The number of nitrogens with one attached hydrogen (secondary N) is 3. The van der Waals surface area contributed by atoms with E-state index in [0.29, 0.717) is 0 Å². The van der Waals surface area contributed by atoms with Gasteiger partial charge in [0, 0.05) is 32.6 Å². The maximum atomic E-state index is 12.9. The minimum atomic E-state index is -2.97. The van der Waals surface area contributed by atoms with E-state index in [1.54, 1.807) is 12.1 Å². The van der Waals surface area contributed by atoms with Crippen LogP contribution in [0.2, 0.25) is 0 Å². The maximum absolute atomic E-state index is 12.9. The first-order valence-corrected chi connectivity index (χ1v) is 19.0. The van der Waals surface area contributed by atoms with Gasteiger partial charge in [-0.25, -0.2) is 9.59 Å². The molecule has 0 aliphatic carbocycles. The number of aliphatic hydroxyl groups excluding tert-OH is 8. The van der Waals surface area contributed by atoms with Gasteiger partial charge in [-0.3, -0.25) is 9.59 Å². The summed E-state index contributed by atoms with van der Waals surface area (Å²) in [5.74, 6) is -6.20. The Balaban J connectivity index is 1.29. The number of amides is 3. The molecule has 0 spiro atoms. The summed E-state index contributed by atoms with van der Waals surface area (Å²) in [7, 11) is 1.21. The molecule has 0 bridgehead atoms. The van der Waals surface area contributed by atoms with Crippen molar-refractivity contribution in [2.24, 2.45) is 0 Å². The predicted molar refractivity (Wildman–Crippen MR) is 201 cm³/mol. The van der Waals surface area contributed by atoms with Gasteiger partial charge in [0.05, 0.1) is 31.5 Å². The Bertz CT molecular complexity index is 1790. The molecule has 8 unspecified atom stereocenters. The van der Waals surface area contributed by atoms with E-state index in [1.807, 2.05) is 35.6 Å². The Kier molecular flexibility index (Phi) is 16.1. The molecular formula is C38H51N3O20. The molecule has 61 heavy (non-hydrogen) atoms. The average molecular weight is 870 g/mol. The Morgan fingerprint density at radius 2 is 1.46 bits per heavy atom. The number of hydrogen-bond acceptors (Lipinski definition) is 18. The highest BCUT2D eigenvalue weighted by molar-refractivity contribution is 5.94. The smallest absolute Gasteiger partial charge is 0.405 e. The van der Waals surface area contributed by atoms with Gasteiger partial charge in [-0.05, 0) is 23.3 Å². The van der Waals surface area contributed by atoms with Gasteiger partial charge in [-0.15, -0.1) is 0 Å². The number of carboxylic acids is 1. The molecule has 0 saturated carbocycles. The van der Waals surface area contributed by atoms with Gasteiger partial charge in [-0.2, -0.15) is 0 Å². The zero-order valence-corrected chi connectivity index (χ0v) is 32.7. The van der Waals surface area contributed by atoms with E-state index in [9.17, 15) is 70.2 Å². The lowest BCUT2D eigenvalue weighted by molar-refractivity contribution is -0.359. The molecule has 3 saturated heterocycles. The van der Waals surface area contributed by atoms with Gasteiger partial charge in [0.25, 0.3) is 11.7 Å². The van der Waals surface area contributed by atoms with Crippen molar-refractivity contribution >= 4 is 23.9 Å². The molecule has 23 heteroatoms. The van der Waals surface area contributed by atoms with Crippen LogP contribution < -0.4 is 16.0 Å². The number of methoxy groups -OCH3 is 1. The molecule has 2 aromatic rings. The van der Waals surface area contributed by atoms with Crippen LogP contribution >= 0.6 is 0 Å². The maximum Gasteiger partial charge on any atom is 0.405 e. The van der Waals surface area contributed by atoms with Crippen molar-refractivity contribution in [2.45, 2.75) is 111 Å². The minimum Gasteiger partial charge on any atom is -0.477 e. The second-order valence-electron chi connectivity index (χ2n) is 14.7. The van der Waals surface area contributed by atoms with E-state index in [2.05, 4.69) is 10.6 Å². The Hall–Kier alpha value is -4.44. The van der Waals surface area contributed by atoms with Crippen LogP contribution in [-0.2, 0) is 38.0 Å². The van der Waals surface area contributed by atoms with Crippen molar-refractivity contribution in [2.75, 3.05) is 26.9 Å². The van der Waals surface area contributed by atoms with Crippen LogP contribution in [0.1, 0.15) is 23.7 Å². The molecule has 16 atom stereocenters. The van der Waals surface area contributed by atoms with Crippen LogP contribution in [0, 0.1) is 0 Å². The van der Waals surface area contributed by atoms with Crippen molar-refractivity contribution in [1.29, 1.82) is 0 Å². The van der Waals surface area contributed by atoms with E-state index in [1.165, 1.54) is 19.2 Å². The fourth-order valence-corrected chi connectivity index (χ4v) is 7.30. The number of aliphatic hydroxyl groups is 8. The first-order valence-electron chi connectivity index (χ1n) is 19.0. The van der Waals surface area contributed by atoms with E-state index < -0.39 is 148 Å². The number of carboxylic acid groups (broad SMARTS) is 2. The van der Waals surface area contributed by atoms with Gasteiger partial charge >= 0.3 is 12.1 Å². The minimum absolute atomic E-state index is 0.178. The summed E-state index contributed by atoms with van der Waals surface area (Å²) < 4.78 is 33.3. The van der Waals surface area contributed by atoms with Crippen molar-refractivity contribution in [3.8, 4) is 11.1 Å². The van der Waals surface area contributed by atoms with Crippen LogP contribution in [0.15, 0.2) is 54.6 Å². The monoisotopic (exact) mass is 869 g/mol. The fourth-order valence-electron chi connectivity index (χ4n) is 7.30. The summed E-state index contributed by atoms with van der Waals surface area (Å²) in [6.07, 6.45) is -26.8. The normalized spacial score (nSPS) is 35.0. The van der Waals surface area contributed by atoms with Crippen molar-refractivity contribution in [1.82, 2.24) is 16.0 Å². The summed E-state index contributed by atoms with van der Waals surface area (Å²) >= 11 is 0. The third-order valence-corrected chi connectivity index (χ3v) is 10.5. The Morgan fingerprint density at radius 3 is 2.05 bits per heavy atom. The lowest BCUT2D eigenvalue weighted by Crippen LogP contribution is -2.69. The molecule has 3 amide bonds. The lowest BCUT2D eigenvalue weighted by Gasteiger charge is -2.48. The average Bonchev–Trinajstić information content (AvgIpc) is 3.24. The number of aliphatic carboxylic acids is 1. The lowest BCUT2D eigenvalue weighted by atomic mass is 9.88. The number of hydrogen-bond donors (Lipinski definition) is 13. The van der Waals surface area contributed by atoms with E-state index in [4.69, 9.17) is 28.4 Å². The second kappa shape index (κ2) is 20.6. The Morgan fingerprint density at radius 1 is 0.820 bits per heavy atom. The van der Waals surface area contributed by atoms with Crippen LogP contribution in [0.25, 0.3) is 11.1 Å². The molecular weight excluding hydrogens is 818 g/mol. The molecule has 0 aromatic heterocycles. The van der Waals surface area contributed by atoms with Gasteiger partial charge < -0.3 is 95.4 Å². The molecule has 0 radical (unpaired) electrons. The second-order valence-corrected chi connectivity index (χ2v) is 14.7. The number of carbonyl (C=O) groups is 4. The predicted octanol–water partition coefficient (Wildman–Crippen LogP) is -4.19. The molecule has 3 heterocycles. The molecule has 3 fully saturated rings. The van der Waals surface area contributed by atoms with Gasteiger partial charge in [0.2, 0.25) is 5.91 Å². The van der Waals surface area contributed by atoms with Crippen molar-refractivity contribution in [3.05, 3.63) is 60.2 Å². The highest BCUT2D eigenvalue weighted by Gasteiger charge is 2.57.